The van der Waals surface area contributed by atoms with Crippen LogP contribution in [0.15, 0.2) is 24.3 Å². The van der Waals surface area contributed by atoms with Gasteiger partial charge in [-0.2, -0.15) is 0 Å². The first-order chi connectivity index (χ1) is 8.65. The standard InChI is InChI=1S/C13H16ClNO3/c1-2-18-12(16)8-5-9-15-13(17)10-6-3-4-7-11(10)14/h3-4,6-7H,2,5,8-9H2,1H3,(H,15,17). The van der Waals surface area contributed by atoms with Crippen molar-refractivity contribution >= 4 is 23.5 Å². The molecule has 0 fully saturated rings. The number of carbonyl (C=O) groups excluding carboxylic acids is 2. The molecule has 0 spiro atoms. The Morgan fingerprint density at radius 2 is 2.06 bits per heavy atom. The van der Waals surface area contributed by atoms with Gasteiger partial charge < -0.3 is 10.1 Å². The third-order valence-corrected chi connectivity index (χ3v) is 2.60. The molecular formula is C13H16ClNO3. The minimum Gasteiger partial charge on any atom is -0.466 e. The summed E-state index contributed by atoms with van der Waals surface area (Å²) in [5.41, 5.74) is 0.440. The van der Waals surface area contributed by atoms with Crippen LogP contribution in [0.25, 0.3) is 0 Å². The first kappa shape index (κ1) is 14.5. The molecule has 4 nitrogen and oxygen atoms in total. The van der Waals surface area contributed by atoms with Crippen LogP contribution in [0.1, 0.15) is 30.1 Å². The van der Waals surface area contributed by atoms with E-state index in [1.807, 2.05) is 0 Å². The van der Waals surface area contributed by atoms with Crippen molar-refractivity contribution < 1.29 is 14.3 Å². The van der Waals surface area contributed by atoms with Crippen molar-refractivity contribution in [2.45, 2.75) is 19.8 Å². The number of nitrogens with one attached hydrogen (secondary N) is 1. The summed E-state index contributed by atoms with van der Waals surface area (Å²) in [6.07, 6.45) is 0.853. The van der Waals surface area contributed by atoms with Gasteiger partial charge in [0.05, 0.1) is 17.2 Å². The van der Waals surface area contributed by atoms with E-state index in [-0.39, 0.29) is 11.9 Å². The number of esters is 1. The molecule has 0 saturated heterocycles. The molecule has 1 aromatic carbocycles. The van der Waals surface area contributed by atoms with E-state index >= 15 is 0 Å². The van der Waals surface area contributed by atoms with Crippen LogP contribution in [-0.4, -0.2) is 25.0 Å². The van der Waals surface area contributed by atoms with Crippen molar-refractivity contribution in [3.63, 3.8) is 0 Å². The molecule has 18 heavy (non-hydrogen) atoms. The van der Waals surface area contributed by atoms with E-state index in [1.165, 1.54) is 0 Å². The first-order valence-electron chi connectivity index (χ1n) is 5.83. The summed E-state index contributed by atoms with van der Waals surface area (Å²) in [5, 5.41) is 3.12. The van der Waals surface area contributed by atoms with Gasteiger partial charge in [-0.05, 0) is 25.5 Å². The molecule has 0 aliphatic heterocycles. The highest BCUT2D eigenvalue weighted by molar-refractivity contribution is 6.33. The Morgan fingerprint density at radius 3 is 2.72 bits per heavy atom. The molecule has 0 aromatic heterocycles. The van der Waals surface area contributed by atoms with Crippen molar-refractivity contribution in [2.75, 3.05) is 13.2 Å². The summed E-state index contributed by atoms with van der Waals surface area (Å²) >= 11 is 5.89. The lowest BCUT2D eigenvalue weighted by Gasteiger charge is -2.06. The van der Waals surface area contributed by atoms with Crippen LogP contribution in [0.3, 0.4) is 0 Å². The largest absolute Gasteiger partial charge is 0.466 e. The number of hydrogen-bond acceptors (Lipinski definition) is 3. The number of carbonyl (C=O) groups is 2. The summed E-state index contributed by atoms with van der Waals surface area (Å²) in [7, 11) is 0. The molecule has 0 atom stereocenters. The summed E-state index contributed by atoms with van der Waals surface area (Å²) in [5.74, 6) is -0.478. The van der Waals surface area contributed by atoms with E-state index < -0.39 is 0 Å². The number of benzene rings is 1. The quantitative estimate of drug-likeness (QED) is 0.637. The van der Waals surface area contributed by atoms with Gasteiger partial charge in [0.2, 0.25) is 0 Å². The lowest BCUT2D eigenvalue weighted by molar-refractivity contribution is -0.143. The summed E-state index contributed by atoms with van der Waals surface area (Å²) in [6.45, 7) is 2.56. The summed E-state index contributed by atoms with van der Waals surface area (Å²) < 4.78 is 4.78. The third-order valence-electron chi connectivity index (χ3n) is 2.27. The number of amides is 1. The normalized spacial score (nSPS) is 9.89. The average Bonchev–Trinajstić information content (AvgIpc) is 2.35. The summed E-state index contributed by atoms with van der Waals surface area (Å²) in [6, 6.07) is 6.83. The van der Waals surface area contributed by atoms with Crippen molar-refractivity contribution in [1.82, 2.24) is 5.32 Å². The second-order valence-electron chi connectivity index (χ2n) is 3.64. The van der Waals surface area contributed by atoms with E-state index in [9.17, 15) is 9.59 Å². The number of halogens is 1. The highest BCUT2D eigenvalue weighted by Crippen LogP contribution is 2.14. The van der Waals surface area contributed by atoms with Crippen LogP contribution in [0, 0.1) is 0 Å². The SMILES string of the molecule is CCOC(=O)CCCNC(=O)c1ccccc1Cl. The van der Waals surface area contributed by atoms with Crippen LogP contribution < -0.4 is 5.32 Å². The van der Waals surface area contributed by atoms with Gasteiger partial charge in [-0.1, -0.05) is 23.7 Å². The maximum Gasteiger partial charge on any atom is 0.305 e. The molecule has 1 rings (SSSR count). The smallest absolute Gasteiger partial charge is 0.305 e. The van der Waals surface area contributed by atoms with Gasteiger partial charge in [0.25, 0.3) is 5.91 Å². The van der Waals surface area contributed by atoms with Gasteiger partial charge in [-0.3, -0.25) is 9.59 Å². The Bertz CT molecular complexity index is 420. The molecule has 0 radical (unpaired) electrons. The van der Waals surface area contributed by atoms with Gasteiger partial charge >= 0.3 is 5.97 Å². The number of ether oxygens (including phenoxy) is 1. The van der Waals surface area contributed by atoms with Crippen LogP contribution >= 0.6 is 11.6 Å². The molecule has 1 N–H and O–H groups in total. The van der Waals surface area contributed by atoms with E-state index in [2.05, 4.69) is 5.32 Å². The van der Waals surface area contributed by atoms with Gasteiger partial charge in [0.15, 0.2) is 0 Å². The molecule has 0 saturated carbocycles. The second-order valence-corrected chi connectivity index (χ2v) is 4.05. The second kappa shape index (κ2) is 7.71. The Balaban J connectivity index is 2.30. The number of hydrogen-bond donors (Lipinski definition) is 1. The molecule has 0 heterocycles. The predicted molar refractivity (Wildman–Crippen MR) is 69.7 cm³/mol. The van der Waals surface area contributed by atoms with Crippen LogP contribution in [0.2, 0.25) is 5.02 Å². The fourth-order valence-electron chi connectivity index (χ4n) is 1.41. The molecule has 98 valence electrons. The molecule has 1 aromatic rings. The lowest BCUT2D eigenvalue weighted by atomic mass is 10.2. The molecule has 0 unspecified atom stereocenters. The third kappa shape index (κ3) is 4.75. The van der Waals surface area contributed by atoms with Crippen LogP contribution in [0.4, 0.5) is 0 Å². The fourth-order valence-corrected chi connectivity index (χ4v) is 1.63. The van der Waals surface area contributed by atoms with Gasteiger partial charge in [0.1, 0.15) is 0 Å². The Morgan fingerprint density at radius 1 is 1.33 bits per heavy atom. The Hall–Kier alpha value is -1.55. The highest BCUT2D eigenvalue weighted by atomic mass is 35.5. The van der Waals surface area contributed by atoms with Gasteiger partial charge in [-0.25, -0.2) is 0 Å². The zero-order valence-corrected chi connectivity index (χ0v) is 11.0. The molecule has 5 heteroatoms. The minimum absolute atomic E-state index is 0.232. The Labute approximate surface area is 111 Å². The summed E-state index contributed by atoms with van der Waals surface area (Å²) in [4.78, 5) is 22.8. The zero-order valence-electron chi connectivity index (χ0n) is 10.2. The van der Waals surface area contributed by atoms with Crippen molar-refractivity contribution in [1.29, 1.82) is 0 Å². The van der Waals surface area contributed by atoms with Crippen molar-refractivity contribution in [3.8, 4) is 0 Å². The topological polar surface area (TPSA) is 55.4 Å². The van der Waals surface area contributed by atoms with Crippen LogP contribution in [0.5, 0.6) is 0 Å². The van der Waals surface area contributed by atoms with E-state index in [1.54, 1.807) is 31.2 Å². The zero-order chi connectivity index (χ0) is 13.4. The number of rotatable bonds is 6. The fraction of sp³-hybridized carbons (Fsp3) is 0.385. The van der Waals surface area contributed by atoms with E-state index in [4.69, 9.17) is 16.3 Å². The predicted octanol–water partition coefficient (Wildman–Crippen LogP) is 2.41. The van der Waals surface area contributed by atoms with Gasteiger partial charge in [-0.15, -0.1) is 0 Å². The first-order valence-corrected chi connectivity index (χ1v) is 6.21. The molecular weight excluding hydrogens is 254 g/mol. The lowest BCUT2D eigenvalue weighted by Crippen LogP contribution is -2.25. The maximum atomic E-state index is 11.7. The Kier molecular flexibility index (Phi) is 6.22. The average molecular weight is 270 g/mol. The monoisotopic (exact) mass is 269 g/mol. The van der Waals surface area contributed by atoms with E-state index in [0.29, 0.717) is 36.6 Å². The molecule has 0 aliphatic carbocycles. The van der Waals surface area contributed by atoms with Crippen molar-refractivity contribution in [2.24, 2.45) is 0 Å². The maximum absolute atomic E-state index is 11.7. The molecule has 0 aliphatic rings. The van der Waals surface area contributed by atoms with Gasteiger partial charge in [0, 0.05) is 13.0 Å². The minimum atomic E-state index is -0.246. The van der Waals surface area contributed by atoms with Crippen molar-refractivity contribution in [3.05, 3.63) is 34.9 Å². The highest BCUT2D eigenvalue weighted by Gasteiger charge is 2.08. The van der Waals surface area contributed by atoms with Crippen LogP contribution in [-0.2, 0) is 9.53 Å². The molecule has 0 bridgehead atoms. The molecule has 1 amide bonds. The van der Waals surface area contributed by atoms with E-state index in [0.717, 1.165) is 0 Å².